The first-order valence-electron chi connectivity index (χ1n) is 10.5. The Morgan fingerprint density at radius 1 is 1.10 bits per heavy atom. The van der Waals surface area contributed by atoms with Crippen LogP contribution in [0.15, 0.2) is 47.1 Å². The van der Waals surface area contributed by atoms with E-state index < -0.39 is 0 Å². The summed E-state index contributed by atoms with van der Waals surface area (Å²) in [4.78, 5) is 29.4. The van der Waals surface area contributed by atoms with Gasteiger partial charge in [0, 0.05) is 32.6 Å². The number of carbonyl (C=O) groups is 2. The molecule has 0 spiro atoms. The Labute approximate surface area is 172 Å². The minimum Gasteiger partial charge on any atom is -0.469 e. The van der Waals surface area contributed by atoms with E-state index >= 15 is 0 Å². The van der Waals surface area contributed by atoms with Gasteiger partial charge in [-0.05, 0) is 44.5 Å². The molecule has 0 unspecified atom stereocenters. The average molecular weight is 398 g/mol. The van der Waals surface area contributed by atoms with Crippen LogP contribution in [0.4, 0.5) is 0 Å². The predicted octanol–water partition coefficient (Wildman–Crippen LogP) is 3.22. The van der Waals surface area contributed by atoms with E-state index in [1.54, 1.807) is 17.9 Å². The van der Waals surface area contributed by atoms with E-state index in [4.69, 9.17) is 4.42 Å². The molecular weight excluding hydrogens is 366 g/mol. The quantitative estimate of drug-likeness (QED) is 0.706. The molecule has 0 atom stereocenters. The van der Waals surface area contributed by atoms with Crippen LogP contribution in [0.5, 0.6) is 0 Å². The number of piperidine rings is 1. The van der Waals surface area contributed by atoms with Crippen LogP contribution in [-0.2, 0) is 11.3 Å². The molecule has 6 nitrogen and oxygen atoms in total. The number of rotatable bonds is 9. The van der Waals surface area contributed by atoms with Crippen LogP contribution < -0.4 is 5.32 Å². The molecule has 0 bridgehead atoms. The van der Waals surface area contributed by atoms with Gasteiger partial charge in [0.1, 0.15) is 5.76 Å². The molecule has 156 valence electrons. The SMILES string of the molecule is Cc1occc1C(=O)N(CCC(=O)NCCN1CCCCC1)Cc1ccccc1. The van der Waals surface area contributed by atoms with Gasteiger partial charge in [-0.2, -0.15) is 0 Å². The number of nitrogens with zero attached hydrogens (tertiary/aromatic N) is 2. The van der Waals surface area contributed by atoms with Crippen molar-refractivity contribution in [2.45, 2.75) is 39.2 Å². The molecule has 0 aliphatic carbocycles. The molecule has 1 N–H and O–H groups in total. The lowest BCUT2D eigenvalue weighted by atomic mass is 10.1. The molecule has 0 saturated carbocycles. The second kappa shape index (κ2) is 10.8. The van der Waals surface area contributed by atoms with Gasteiger partial charge < -0.3 is 19.5 Å². The molecule has 2 heterocycles. The van der Waals surface area contributed by atoms with Gasteiger partial charge in [-0.1, -0.05) is 36.8 Å². The first-order chi connectivity index (χ1) is 14.1. The van der Waals surface area contributed by atoms with Gasteiger partial charge in [0.2, 0.25) is 5.91 Å². The Hall–Kier alpha value is -2.60. The van der Waals surface area contributed by atoms with Crippen LogP contribution in [0.2, 0.25) is 0 Å². The third-order valence-corrected chi connectivity index (χ3v) is 5.40. The molecule has 1 aliphatic rings. The van der Waals surface area contributed by atoms with Gasteiger partial charge in [-0.3, -0.25) is 9.59 Å². The van der Waals surface area contributed by atoms with E-state index in [0.717, 1.165) is 25.2 Å². The van der Waals surface area contributed by atoms with E-state index in [-0.39, 0.29) is 18.2 Å². The lowest BCUT2D eigenvalue weighted by molar-refractivity contribution is -0.121. The summed E-state index contributed by atoms with van der Waals surface area (Å²) in [5.41, 5.74) is 1.58. The first-order valence-corrected chi connectivity index (χ1v) is 10.5. The van der Waals surface area contributed by atoms with Crippen molar-refractivity contribution in [2.24, 2.45) is 0 Å². The maximum atomic E-state index is 13.0. The Kier molecular flexibility index (Phi) is 7.87. The summed E-state index contributed by atoms with van der Waals surface area (Å²) in [5, 5.41) is 3.00. The molecule has 1 fully saturated rings. The minimum atomic E-state index is -0.110. The highest BCUT2D eigenvalue weighted by atomic mass is 16.3. The third-order valence-electron chi connectivity index (χ3n) is 5.40. The topological polar surface area (TPSA) is 65.8 Å². The Morgan fingerprint density at radius 2 is 1.86 bits per heavy atom. The monoisotopic (exact) mass is 397 g/mol. The second-order valence-electron chi connectivity index (χ2n) is 7.61. The number of nitrogens with one attached hydrogen (secondary N) is 1. The van der Waals surface area contributed by atoms with E-state index in [2.05, 4.69) is 10.2 Å². The van der Waals surface area contributed by atoms with Crippen LogP contribution in [0.25, 0.3) is 0 Å². The van der Waals surface area contributed by atoms with E-state index in [9.17, 15) is 9.59 Å². The van der Waals surface area contributed by atoms with Crippen molar-refractivity contribution in [3.05, 3.63) is 59.5 Å². The van der Waals surface area contributed by atoms with Crippen molar-refractivity contribution < 1.29 is 14.0 Å². The summed E-state index contributed by atoms with van der Waals surface area (Å²) in [6.45, 7) is 6.41. The Bertz CT molecular complexity index is 782. The van der Waals surface area contributed by atoms with E-state index in [1.165, 1.54) is 25.5 Å². The molecule has 6 heteroatoms. The molecule has 3 rings (SSSR count). The summed E-state index contributed by atoms with van der Waals surface area (Å²) < 4.78 is 5.29. The Balaban J connectivity index is 1.52. The summed E-state index contributed by atoms with van der Waals surface area (Å²) in [5.74, 6) is 0.469. The number of hydrogen-bond donors (Lipinski definition) is 1. The van der Waals surface area contributed by atoms with Crippen LogP contribution >= 0.6 is 0 Å². The smallest absolute Gasteiger partial charge is 0.257 e. The van der Waals surface area contributed by atoms with Crippen molar-refractivity contribution in [3.8, 4) is 0 Å². The number of hydrogen-bond acceptors (Lipinski definition) is 4. The zero-order valence-corrected chi connectivity index (χ0v) is 17.2. The molecule has 1 aromatic carbocycles. The van der Waals surface area contributed by atoms with E-state index in [1.807, 2.05) is 30.3 Å². The molecule has 1 aromatic heterocycles. The maximum Gasteiger partial charge on any atom is 0.257 e. The highest BCUT2D eigenvalue weighted by Crippen LogP contribution is 2.15. The number of furan rings is 1. The number of aryl methyl sites for hydroxylation is 1. The summed E-state index contributed by atoms with van der Waals surface area (Å²) >= 11 is 0. The average Bonchev–Trinajstić information content (AvgIpc) is 3.18. The van der Waals surface area contributed by atoms with Crippen LogP contribution in [-0.4, -0.2) is 54.3 Å². The van der Waals surface area contributed by atoms with Crippen LogP contribution in [0.1, 0.15) is 47.4 Å². The van der Waals surface area contributed by atoms with Crippen molar-refractivity contribution in [1.29, 1.82) is 0 Å². The molecule has 2 aromatic rings. The number of amides is 2. The van der Waals surface area contributed by atoms with Gasteiger partial charge in [0.05, 0.1) is 11.8 Å². The van der Waals surface area contributed by atoms with Gasteiger partial charge in [-0.15, -0.1) is 0 Å². The highest BCUT2D eigenvalue weighted by Gasteiger charge is 2.20. The van der Waals surface area contributed by atoms with Gasteiger partial charge >= 0.3 is 0 Å². The minimum absolute atomic E-state index is 0.0169. The lowest BCUT2D eigenvalue weighted by Crippen LogP contribution is -2.39. The number of benzene rings is 1. The molecule has 2 amide bonds. The van der Waals surface area contributed by atoms with Crippen LogP contribution in [0.3, 0.4) is 0 Å². The van der Waals surface area contributed by atoms with E-state index in [0.29, 0.717) is 31.0 Å². The van der Waals surface area contributed by atoms with Crippen molar-refractivity contribution in [1.82, 2.24) is 15.1 Å². The van der Waals surface area contributed by atoms with Crippen LogP contribution in [0, 0.1) is 6.92 Å². The Morgan fingerprint density at radius 3 is 2.55 bits per heavy atom. The molecular formula is C23H31N3O3. The third kappa shape index (κ3) is 6.46. The number of carbonyl (C=O) groups excluding carboxylic acids is 2. The fourth-order valence-electron chi connectivity index (χ4n) is 3.69. The zero-order chi connectivity index (χ0) is 20.5. The standard InChI is InChI=1S/C23H31N3O3/c1-19-21(11-17-29-19)23(28)26(18-20-8-4-2-5-9-20)15-10-22(27)24-12-16-25-13-6-3-7-14-25/h2,4-5,8-9,11,17H,3,6-7,10,12-16,18H2,1H3,(H,24,27). The zero-order valence-electron chi connectivity index (χ0n) is 17.2. The summed E-state index contributed by atoms with van der Waals surface area (Å²) in [7, 11) is 0. The highest BCUT2D eigenvalue weighted by molar-refractivity contribution is 5.95. The van der Waals surface area contributed by atoms with Gasteiger partial charge in [-0.25, -0.2) is 0 Å². The van der Waals surface area contributed by atoms with Gasteiger partial charge in [0.15, 0.2) is 0 Å². The summed E-state index contributed by atoms with van der Waals surface area (Å²) in [6, 6.07) is 11.5. The van der Waals surface area contributed by atoms with Crippen molar-refractivity contribution in [2.75, 3.05) is 32.7 Å². The second-order valence-corrected chi connectivity index (χ2v) is 7.61. The first kappa shape index (κ1) is 21.1. The van der Waals surface area contributed by atoms with Crippen molar-refractivity contribution >= 4 is 11.8 Å². The predicted molar refractivity (Wildman–Crippen MR) is 113 cm³/mol. The lowest BCUT2D eigenvalue weighted by Gasteiger charge is -2.26. The normalized spacial score (nSPS) is 14.5. The van der Waals surface area contributed by atoms with Gasteiger partial charge in [0.25, 0.3) is 5.91 Å². The fraction of sp³-hybridized carbons (Fsp3) is 0.478. The summed E-state index contributed by atoms with van der Waals surface area (Å²) in [6.07, 6.45) is 5.62. The van der Waals surface area contributed by atoms with Crippen molar-refractivity contribution in [3.63, 3.8) is 0 Å². The number of likely N-dealkylation sites (tertiary alicyclic amines) is 1. The largest absolute Gasteiger partial charge is 0.469 e. The molecule has 29 heavy (non-hydrogen) atoms. The molecule has 1 aliphatic heterocycles. The molecule has 1 saturated heterocycles. The molecule has 0 radical (unpaired) electrons. The maximum absolute atomic E-state index is 13.0. The fourth-order valence-corrected chi connectivity index (χ4v) is 3.69.